The molecular formula is C9H8FNO. The summed E-state index contributed by atoms with van der Waals surface area (Å²) in [5.41, 5.74) is 0.694. The molecule has 0 fully saturated rings. The number of aryl methyl sites for hydroxylation is 1. The molecule has 0 saturated carbocycles. The van der Waals surface area contributed by atoms with Crippen molar-refractivity contribution in [2.24, 2.45) is 0 Å². The van der Waals surface area contributed by atoms with Crippen molar-refractivity contribution in [2.45, 2.75) is 6.92 Å². The van der Waals surface area contributed by atoms with Crippen LogP contribution < -0.4 is 4.74 Å². The summed E-state index contributed by atoms with van der Waals surface area (Å²) in [6.45, 7) is 8.36. The third-order valence-corrected chi connectivity index (χ3v) is 1.58. The van der Waals surface area contributed by atoms with Crippen molar-refractivity contribution < 1.29 is 9.13 Å². The molecule has 0 unspecified atom stereocenters. The largest absolute Gasteiger partial charge is 0.508 e. The Bertz CT molecular complexity index is 341. The van der Waals surface area contributed by atoms with Crippen LogP contribution in [0.3, 0.4) is 0 Å². The first kappa shape index (κ1) is 8.54. The average molecular weight is 165 g/mol. The number of rotatable bonds is 1. The van der Waals surface area contributed by atoms with Crippen LogP contribution in [0.15, 0.2) is 12.1 Å². The van der Waals surface area contributed by atoms with Crippen LogP contribution in [0.5, 0.6) is 5.75 Å². The highest BCUT2D eigenvalue weighted by Crippen LogP contribution is 2.29. The fourth-order valence-corrected chi connectivity index (χ4v) is 0.895. The predicted octanol–water partition coefficient (Wildman–Crippen LogP) is 2.69. The molecule has 0 aliphatic carbocycles. The molecule has 1 aromatic rings. The molecule has 0 radical (unpaired) electrons. The number of hydrogen-bond donors (Lipinski definition) is 0. The van der Waals surface area contributed by atoms with E-state index in [4.69, 9.17) is 11.3 Å². The molecule has 0 N–H and O–H groups in total. The van der Waals surface area contributed by atoms with Crippen LogP contribution in [0.4, 0.5) is 10.1 Å². The summed E-state index contributed by atoms with van der Waals surface area (Å²) in [5, 5.41) is 0. The van der Waals surface area contributed by atoms with Gasteiger partial charge in [-0.2, -0.15) is 0 Å². The monoisotopic (exact) mass is 165 g/mol. The van der Waals surface area contributed by atoms with E-state index in [1.165, 1.54) is 19.2 Å². The Hall–Kier alpha value is -1.56. The highest BCUT2D eigenvalue weighted by atomic mass is 19.1. The Morgan fingerprint density at radius 3 is 2.67 bits per heavy atom. The van der Waals surface area contributed by atoms with Crippen molar-refractivity contribution in [1.82, 2.24) is 0 Å². The molecular weight excluding hydrogens is 157 g/mol. The molecule has 3 heteroatoms. The van der Waals surface area contributed by atoms with Crippen molar-refractivity contribution in [1.29, 1.82) is 0 Å². The number of ether oxygens (including phenoxy) is 1. The lowest BCUT2D eigenvalue weighted by Crippen LogP contribution is -1.87. The first-order valence-corrected chi connectivity index (χ1v) is 3.40. The minimum absolute atomic E-state index is 0.209. The second-order valence-electron chi connectivity index (χ2n) is 2.39. The predicted molar refractivity (Wildman–Crippen MR) is 44.0 cm³/mol. The zero-order valence-electron chi connectivity index (χ0n) is 6.89. The summed E-state index contributed by atoms with van der Waals surface area (Å²) in [6.07, 6.45) is 0. The fourth-order valence-electron chi connectivity index (χ4n) is 0.895. The highest BCUT2D eigenvalue weighted by Gasteiger charge is 2.06. The smallest absolute Gasteiger partial charge is 0.230 e. The van der Waals surface area contributed by atoms with Crippen molar-refractivity contribution in [3.63, 3.8) is 0 Å². The Balaban J connectivity index is 3.31. The van der Waals surface area contributed by atoms with E-state index in [0.29, 0.717) is 11.3 Å². The Morgan fingerprint density at radius 1 is 1.50 bits per heavy atom. The molecule has 0 aliphatic rings. The van der Waals surface area contributed by atoms with E-state index >= 15 is 0 Å². The van der Waals surface area contributed by atoms with Crippen molar-refractivity contribution in [2.75, 3.05) is 7.11 Å². The van der Waals surface area contributed by atoms with E-state index in [9.17, 15) is 4.39 Å². The minimum Gasteiger partial charge on any atom is -0.508 e. The quantitative estimate of drug-likeness (QED) is 0.583. The molecule has 0 amide bonds. The lowest BCUT2D eigenvalue weighted by molar-refractivity contribution is 0.416. The van der Waals surface area contributed by atoms with E-state index in [0.717, 1.165) is 0 Å². The van der Waals surface area contributed by atoms with Gasteiger partial charge in [0.1, 0.15) is 11.6 Å². The second kappa shape index (κ2) is 3.22. The molecule has 12 heavy (non-hydrogen) atoms. The SMILES string of the molecule is [C-]#[N+]c1cc(F)c(C)cc1OC. The van der Waals surface area contributed by atoms with E-state index in [1.807, 2.05) is 0 Å². The van der Waals surface area contributed by atoms with Crippen LogP contribution in [0.25, 0.3) is 4.85 Å². The van der Waals surface area contributed by atoms with E-state index < -0.39 is 0 Å². The topological polar surface area (TPSA) is 13.6 Å². The van der Waals surface area contributed by atoms with E-state index in [2.05, 4.69) is 4.85 Å². The van der Waals surface area contributed by atoms with Crippen molar-refractivity contribution in [3.8, 4) is 5.75 Å². The molecule has 62 valence electrons. The Labute approximate surface area is 70.4 Å². The summed E-state index contributed by atoms with van der Waals surface area (Å²) >= 11 is 0. The summed E-state index contributed by atoms with van der Waals surface area (Å²) in [7, 11) is 1.46. The van der Waals surface area contributed by atoms with E-state index in [-0.39, 0.29) is 11.5 Å². The van der Waals surface area contributed by atoms with Crippen LogP contribution in [-0.2, 0) is 0 Å². The lowest BCUT2D eigenvalue weighted by Gasteiger charge is -2.04. The van der Waals surface area contributed by atoms with Gasteiger partial charge in [-0.3, -0.25) is 0 Å². The Morgan fingerprint density at radius 2 is 2.17 bits per heavy atom. The van der Waals surface area contributed by atoms with Crippen LogP contribution in [-0.4, -0.2) is 7.11 Å². The first-order chi connectivity index (χ1) is 5.69. The van der Waals surface area contributed by atoms with Crippen molar-refractivity contribution >= 4 is 5.69 Å². The van der Waals surface area contributed by atoms with Crippen LogP contribution in [0.1, 0.15) is 5.56 Å². The Kier molecular flexibility index (Phi) is 2.29. The number of methoxy groups -OCH3 is 1. The first-order valence-electron chi connectivity index (χ1n) is 3.40. The fraction of sp³-hybridized carbons (Fsp3) is 0.222. The van der Waals surface area contributed by atoms with Gasteiger partial charge in [0.25, 0.3) is 0 Å². The molecule has 0 aromatic heterocycles. The van der Waals surface area contributed by atoms with Gasteiger partial charge in [0.05, 0.1) is 13.7 Å². The molecule has 1 rings (SSSR count). The third kappa shape index (κ3) is 1.37. The zero-order chi connectivity index (χ0) is 9.14. The average Bonchev–Trinajstić information content (AvgIpc) is 2.09. The van der Waals surface area contributed by atoms with Gasteiger partial charge in [-0.25, -0.2) is 9.24 Å². The normalized spacial score (nSPS) is 9.17. The minimum atomic E-state index is -0.373. The number of hydrogen-bond acceptors (Lipinski definition) is 1. The van der Waals surface area contributed by atoms with Crippen LogP contribution in [0, 0.1) is 19.3 Å². The van der Waals surface area contributed by atoms with Gasteiger partial charge in [-0.1, -0.05) is 0 Å². The summed E-state index contributed by atoms with van der Waals surface area (Å²) < 4.78 is 17.8. The lowest BCUT2D eigenvalue weighted by atomic mass is 10.2. The number of nitrogens with zero attached hydrogens (tertiary/aromatic N) is 1. The van der Waals surface area contributed by atoms with Gasteiger partial charge in [-0.15, -0.1) is 0 Å². The van der Waals surface area contributed by atoms with Gasteiger partial charge in [0, 0.05) is 0 Å². The highest BCUT2D eigenvalue weighted by molar-refractivity contribution is 5.58. The molecule has 0 atom stereocenters. The van der Waals surface area contributed by atoms with Gasteiger partial charge in [-0.05, 0) is 24.6 Å². The van der Waals surface area contributed by atoms with Gasteiger partial charge in [0.15, 0.2) is 0 Å². The van der Waals surface area contributed by atoms with Crippen molar-refractivity contribution in [3.05, 3.63) is 34.9 Å². The second-order valence-corrected chi connectivity index (χ2v) is 2.39. The number of benzene rings is 1. The van der Waals surface area contributed by atoms with Crippen LogP contribution in [0.2, 0.25) is 0 Å². The molecule has 1 aromatic carbocycles. The third-order valence-electron chi connectivity index (χ3n) is 1.58. The molecule has 0 saturated heterocycles. The van der Waals surface area contributed by atoms with Crippen LogP contribution >= 0.6 is 0 Å². The van der Waals surface area contributed by atoms with Gasteiger partial charge in [0.2, 0.25) is 5.69 Å². The molecule has 0 bridgehead atoms. The van der Waals surface area contributed by atoms with Gasteiger partial charge >= 0.3 is 0 Å². The molecule has 0 aliphatic heterocycles. The maximum atomic E-state index is 12.9. The van der Waals surface area contributed by atoms with Gasteiger partial charge < -0.3 is 4.74 Å². The summed E-state index contributed by atoms with van der Waals surface area (Å²) in [4.78, 5) is 3.13. The standard InChI is InChI=1S/C9H8FNO/c1-6-4-9(12-3)8(11-2)5-7(6)10/h4-5H,1,3H3. The summed E-state index contributed by atoms with van der Waals surface area (Å²) in [5.74, 6) is 0.0469. The maximum Gasteiger partial charge on any atom is 0.230 e. The molecule has 2 nitrogen and oxygen atoms in total. The van der Waals surface area contributed by atoms with E-state index in [1.54, 1.807) is 6.92 Å². The number of halogens is 1. The zero-order valence-corrected chi connectivity index (χ0v) is 6.89. The molecule has 0 heterocycles. The summed E-state index contributed by atoms with van der Waals surface area (Å²) in [6, 6.07) is 2.70. The molecule has 0 spiro atoms. The maximum absolute atomic E-state index is 12.9.